The van der Waals surface area contributed by atoms with Crippen molar-refractivity contribution in [2.45, 2.75) is 19.8 Å². The highest BCUT2D eigenvalue weighted by molar-refractivity contribution is 8.14. The maximum atomic E-state index is 11.7. The summed E-state index contributed by atoms with van der Waals surface area (Å²) in [6.45, 7) is 2.58. The van der Waals surface area contributed by atoms with Gasteiger partial charge < -0.3 is 10.1 Å². The van der Waals surface area contributed by atoms with E-state index in [0.29, 0.717) is 12.2 Å². The highest BCUT2D eigenvalue weighted by Gasteiger charge is 2.29. The van der Waals surface area contributed by atoms with E-state index in [9.17, 15) is 14.4 Å². The summed E-state index contributed by atoms with van der Waals surface area (Å²) in [6, 6.07) is 6.74. The summed E-state index contributed by atoms with van der Waals surface area (Å²) >= 11 is 1.00. The SMILES string of the molecule is CCCCOC(=O)c1ccc(NCN2C(=O)CSC2=O)cc1. The van der Waals surface area contributed by atoms with Crippen molar-refractivity contribution in [3.63, 3.8) is 0 Å². The zero-order chi connectivity index (χ0) is 15.9. The van der Waals surface area contributed by atoms with Crippen LogP contribution in [-0.4, -0.2) is 41.0 Å². The number of nitrogens with zero attached hydrogens (tertiary/aromatic N) is 1. The lowest BCUT2D eigenvalue weighted by Crippen LogP contribution is -2.33. The van der Waals surface area contributed by atoms with Gasteiger partial charge in [0.25, 0.3) is 5.24 Å². The number of nitrogens with one attached hydrogen (secondary N) is 1. The van der Waals surface area contributed by atoms with Crippen LogP contribution in [0.2, 0.25) is 0 Å². The molecular weight excluding hydrogens is 304 g/mol. The Morgan fingerprint density at radius 1 is 1.32 bits per heavy atom. The number of thioether (sulfide) groups is 1. The minimum absolute atomic E-state index is 0.130. The number of hydrogen-bond donors (Lipinski definition) is 1. The fourth-order valence-corrected chi connectivity index (χ4v) is 2.55. The molecule has 1 N–H and O–H groups in total. The maximum Gasteiger partial charge on any atom is 0.338 e. The van der Waals surface area contributed by atoms with Crippen LogP contribution in [0.25, 0.3) is 0 Å². The van der Waals surface area contributed by atoms with E-state index in [-0.39, 0.29) is 29.5 Å². The lowest BCUT2D eigenvalue weighted by molar-refractivity contribution is -0.124. The largest absolute Gasteiger partial charge is 0.462 e. The van der Waals surface area contributed by atoms with E-state index in [1.54, 1.807) is 24.3 Å². The van der Waals surface area contributed by atoms with Gasteiger partial charge in [-0.25, -0.2) is 4.79 Å². The summed E-state index contributed by atoms with van der Waals surface area (Å²) in [5, 5.41) is 2.74. The van der Waals surface area contributed by atoms with Gasteiger partial charge in [-0.2, -0.15) is 0 Å². The minimum Gasteiger partial charge on any atom is -0.462 e. The van der Waals surface area contributed by atoms with Crippen molar-refractivity contribution in [2.75, 3.05) is 24.3 Å². The Labute approximate surface area is 133 Å². The van der Waals surface area contributed by atoms with E-state index in [1.165, 1.54) is 0 Å². The second-order valence-corrected chi connectivity index (χ2v) is 5.70. The molecule has 1 heterocycles. The summed E-state index contributed by atoms with van der Waals surface area (Å²) in [5.74, 6) is -0.344. The number of rotatable bonds is 7. The van der Waals surface area contributed by atoms with Crippen molar-refractivity contribution >= 4 is 34.6 Å². The van der Waals surface area contributed by atoms with Crippen molar-refractivity contribution in [3.05, 3.63) is 29.8 Å². The second-order valence-electron chi connectivity index (χ2n) is 4.78. The lowest BCUT2D eigenvalue weighted by Gasteiger charge is -2.14. The topological polar surface area (TPSA) is 75.7 Å². The van der Waals surface area contributed by atoms with Gasteiger partial charge in [-0.3, -0.25) is 14.5 Å². The number of anilines is 1. The molecule has 0 aliphatic carbocycles. The molecule has 0 radical (unpaired) electrons. The van der Waals surface area contributed by atoms with Crippen LogP contribution in [0.3, 0.4) is 0 Å². The van der Waals surface area contributed by atoms with Crippen LogP contribution >= 0.6 is 11.8 Å². The lowest BCUT2D eigenvalue weighted by atomic mass is 10.2. The number of ether oxygens (including phenoxy) is 1. The molecule has 1 aromatic carbocycles. The monoisotopic (exact) mass is 322 g/mol. The molecule has 6 nitrogen and oxygen atoms in total. The van der Waals surface area contributed by atoms with Gasteiger partial charge in [-0.05, 0) is 30.7 Å². The first-order chi connectivity index (χ1) is 10.6. The Balaban J connectivity index is 1.85. The first kappa shape index (κ1) is 16.4. The molecule has 1 fully saturated rings. The molecule has 2 amide bonds. The normalized spacial score (nSPS) is 14.3. The molecule has 1 aliphatic rings. The summed E-state index contributed by atoms with van der Waals surface area (Å²) < 4.78 is 5.12. The number of carbonyl (C=O) groups excluding carboxylic acids is 3. The average Bonchev–Trinajstić information content (AvgIpc) is 2.84. The van der Waals surface area contributed by atoms with Crippen LogP contribution in [0.4, 0.5) is 10.5 Å². The van der Waals surface area contributed by atoms with Crippen molar-refractivity contribution in [1.29, 1.82) is 0 Å². The fraction of sp³-hybridized carbons (Fsp3) is 0.400. The van der Waals surface area contributed by atoms with Crippen LogP contribution in [0, 0.1) is 0 Å². The van der Waals surface area contributed by atoms with Crippen molar-refractivity contribution in [1.82, 2.24) is 4.90 Å². The van der Waals surface area contributed by atoms with Crippen LogP contribution in [0.15, 0.2) is 24.3 Å². The second kappa shape index (κ2) is 7.84. The van der Waals surface area contributed by atoms with E-state index in [0.717, 1.165) is 35.2 Å². The van der Waals surface area contributed by atoms with Crippen LogP contribution < -0.4 is 5.32 Å². The van der Waals surface area contributed by atoms with Crippen molar-refractivity contribution in [3.8, 4) is 0 Å². The predicted molar refractivity (Wildman–Crippen MR) is 84.8 cm³/mol. The molecule has 0 spiro atoms. The van der Waals surface area contributed by atoms with Gasteiger partial charge in [0.1, 0.15) is 0 Å². The number of imide groups is 1. The molecular formula is C15H18N2O4S. The van der Waals surface area contributed by atoms with E-state index in [4.69, 9.17) is 4.74 Å². The summed E-state index contributed by atoms with van der Waals surface area (Å²) in [6.07, 6.45) is 1.82. The molecule has 0 saturated carbocycles. The number of benzene rings is 1. The van der Waals surface area contributed by atoms with Gasteiger partial charge in [0.15, 0.2) is 0 Å². The molecule has 1 saturated heterocycles. The zero-order valence-corrected chi connectivity index (χ0v) is 13.1. The molecule has 118 valence electrons. The molecule has 0 aromatic heterocycles. The van der Waals surface area contributed by atoms with Gasteiger partial charge >= 0.3 is 5.97 Å². The highest BCUT2D eigenvalue weighted by atomic mass is 32.2. The Hall–Kier alpha value is -2.02. The Bertz CT molecular complexity index is 543. The quantitative estimate of drug-likeness (QED) is 0.614. The third-order valence-electron chi connectivity index (χ3n) is 3.13. The molecule has 1 aliphatic heterocycles. The first-order valence-electron chi connectivity index (χ1n) is 7.10. The van der Waals surface area contributed by atoms with Crippen LogP contribution in [-0.2, 0) is 9.53 Å². The van der Waals surface area contributed by atoms with E-state index in [1.807, 2.05) is 6.92 Å². The Morgan fingerprint density at radius 3 is 2.64 bits per heavy atom. The van der Waals surface area contributed by atoms with Crippen molar-refractivity contribution < 1.29 is 19.1 Å². The van der Waals surface area contributed by atoms with Gasteiger partial charge in [-0.1, -0.05) is 25.1 Å². The number of esters is 1. The zero-order valence-electron chi connectivity index (χ0n) is 12.3. The van der Waals surface area contributed by atoms with Gasteiger partial charge in [0.05, 0.1) is 24.6 Å². The molecule has 2 rings (SSSR count). The molecule has 1 aromatic rings. The smallest absolute Gasteiger partial charge is 0.338 e. The molecule has 0 atom stereocenters. The Morgan fingerprint density at radius 2 is 2.05 bits per heavy atom. The third kappa shape index (κ3) is 4.24. The van der Waals surface area contributed by atoms with Gasteiger partial charge in [-0.15, -0.1) is 0 Å². The van der Waals surface area contributed by atoms with E-state index >= 15 is 0 Å². The fourth-order valence-electron chi connectivity index (χ4n) is 1.82. The summed E-state index contributed by atoms with van der Waals surface area (Å²) in [7, 11) is 0. The summed E-state index contributed by atoms with van der Waals surface area (Å²) in [5.41, 5.74) is 1.20. The molecule has 0 bridgehead atoms. The Kier molecular flexibility index (Phi) is 5.83. The minimum atomic E-state index is -0.346. The molecule has 22 heavy (non-hydrogen) atoms. The molecule has 0 unspecified atom stereocenters. The average molecular weight is 322 g/mol. The third-order valence-corrected chi connectivity index (χ3v) is 3.99. The van der Waals surface area contributed by atoms with Gasteiger partial charge in [0.2, 0.25) is 5.91 Å². The van der Waals surface area contributed by atoms with Gasteiger partial charge in [0, 0.05) is 5.69 Å². The molecule has 7 heteroatoms. The number of amides is 2. The van der Waals surface area contributed by atoms with E-state index < -0.39 is 0 Å². The predicted octanol–water partition coefficient (Wildman–Crippen LogP) is 2.71. The first-order valence-corrected chi connectivity index (χ1v) is 8.08. The number of unbranched alkanes of at least 4 members (excludes halogenated alkanes) is 1. The maximum absolute atomic E-state index is 11.7. The number of carbonyl (C=O) groups is 3. The van der Waals surface area contributed by atoms with Crippen molar-refractivity contribution in [2.24, 2.45) is 0 Å². The standard InChI is InChI=1S/C15H18N2O4S/c1-2-3-8-21-14(19)11-4-6-12(7-5-11)16-10-17-13(18)9-22-15(17)20/h4-7,16H,2-3,8-10H2,1H3. The van der Waals surface area contributed by atoms with Crippen LogP contribution in [0.1, 0.15) is 30.1 Å². The van der Waals surface area contributed by atoms with Crippen LogP contribution in [0.5, 0.6) is 0 Å². The van der Waals surface area contributed by atoms with E-state index in [2.05, 4.69) is 5.32 Å². The number of hydrogen-bond acceptors (Lipinski definition) is 6. The summed E-state index contributed by atoms with van der Waals surface area (Å²) in [4.78, 5) is 35.8. The highest BCUT2D eigenvalue weighted by Crippen LogP contribution is 2.19.